The zero-order chi connectivity index (χ0) is 17.6. The van der Waals surface area contributed by atoms with Crippen molar-refractivity contribution in [1.82, 2.24) is 14.9 Å². The van der Waals surface area contributed by atoms with Gasteiger partial charge < -0.3 is 24.6 Å². The molecule has 2 heterocycles. The Kier molecular flexibility index (Phi) is 5.17. The van der Waals surface area contributed by atoms with Crippen LogP contribution in [0, 0.1) is 0 Å². The first-order valence-corrected chi connectivity index (χ1v) is 7.99. The third-order valence-electron chi connectivity index (χ3n) is 4.11. The number of nitrogens with zero attached hydrogens (tertiary/aromatic N) is 4. The van der Waals surface area contributed by atoms with Crippen molar-refractivity contribution in [3.05, 3.63) is 30.6 Å². The highest BCUT2D eigenvalue weighted by atomic mass is 16.5. The fraction of sp³-hybridized carbons (Fsp3) is 0.353. The van der Waals surface area contributed by atoms with Crippen LogP contribution in [0.1, 0.15) is 0 Å². The lowest BCUT2D eigenvalue weighted by Crippen LogP contribution is -2.46. The van der Waals surface area contributed by atoms with Crippen LogP contribution in [0.15, 0.2) is 30.6 Å². The topological polar surface area (TPSA) is 79.8 Å². The molecule has 0 spiro atoms. The van der Waals surface area contributed by atoms with Crippen molar-refractivity contribution < 1.29 is 14.3 Å². The number of aromatic nitrogens is 2. The molecule has 1 aliphatic rings. The van der Waals surface area contributed by atoms with Gasteiger partial charge in [0.15, 0.2) is 0 Å². The van der Waals surface area contributed by atoms with Gasteiger partial charge in [-0.15, -0.1) is 0 Å². The zero-order valence-electron chi connectivity index (χ0n) is 14.3. The van der Waals surface area contributed by atoms with Crippen LogP contribution in [-0.4, -0.2) is 61.7 Å². The first-order chi connectivity index (χ1) is 12.2. The molecular weight excluding hydrogens is 322 g/mol. The summed E-state index contributed by atoms with van der Waals surface area (Å²) in [6, 6.07) is 7.43. The van der Waals surface area contributed by atoms with Crippen molar-refractivity contribution in [2.75, 3.05) is 50.6 Å². The maximum atomic E-state index is 10.8. The smallest absolute Gasteiger partial charge is 0.209 e. The van der Waals surface area contributed by atoms with Gasteiger partial charge in [0.25, 0.3) is 0 Å². The van der Waals surface area contributed by atoms with Gasteiger partial charge in [0.2, 0.25) is 6.41 Å². The molecule has 1 fully saturated rings. The normalized spacial score (nSPS) is 14.2. The average Bonchev–Trinajstić information content (AvgIpc) is 2.68. The lowest BCUT2D eigenvalue weighted by Gasteiger charge is -2.33. The van der Waals surface area contributed by atoms with E-state index in [9.17, 15) is 4.79 Å². The van der Waals surface area contributed by atoms with Crippen LogP contribution in [0.3, 0.4) is 0 Å². The Morgan fingerprint density at radius 3 is 2.56 bits per heavy atom. The molecule has 1 N–H and O–H groups in total. The molecule has 0 unspecified atom stereocenters. The summed E-state index contributed by atoms with van der Waals surface area (Å²) in [5.74, 6) is 2.89. The third-order valence-corrected chi connectivity index (χ3v) is 4.11. The van der Waals surface area contributed by atoms with Gasteiger partial charge >= 0.3 is 0 Å². The standard InChI is InChI=1S/C17H21N5O3/c1-24-13-3-4-14(15(9-13)25-2)20-16-10-17(19-11-18-16)22-7-5-21(12-23)6-8-22/h3-4,9-12H,5-8H2,1-2H3,(H,18,19,20). The molecule has 25 heavy (non-hydrogen) atoms. The minimum absolute atomic E-state index is 0.666. The van der Waals surface area contributed by atoms with Crippen molar-refractivity contribution in [1.29, 1.82) is 0 Å². The van der Waals surface area contributed by atoms with Gasteiger partial charge in [-0.25, -0.2) is 9.97 Å². The summed E-state index contributed by atoms with van der Waals surface area (Å²) in [5, 5.41) is 3.25. The second kappa shape index (κ2) is 7.69. The molecule has 0 radical (unpaired) electrons. The number of amides is 1. The summed E-state index contributed by atoms with van der Waals surface area (Å²) >= 11 is 0. The quantitative estimate of drug-likeness (QED) is 0.797. The van der Waals surface area contributed by atoms with Crippen LogP contribution < -0.4 is 19.7 Å². The van der Waals surface area contributed by atoms with Crippen LogP contribution in [-0.2, 0) is 4.79 Å². The highest BCUT2D eigenvalue weighted by molar-refractivity contribution is 5.67. The molecule has 0 saturated carbocycles. The Morgan fingerprint density at radius 1 is 1.08 bits per heavy atom. The molecule has 1 saturated heterocycles. The minimum atomic E-state index is 0.666. The van der Waals surface area contributed by atoms with Crippen LogP contribution in [0.4, 0.5) is 17.3 Å². The second-order valence-corrected chi connectivity index (χ2v) is 5.58. The number of ether oxygens (including phenoxy) is 2. The Labute approximate surface area is 146 Å². The molecule has 0 aliphatic carbocycles. The molecule has 1 aromatic heterocycles. The van der Waals surface area contributed by atoms with E-state index in [-0.39, 0.29) is 0 Å². The zero-order valence-corrected chi connectivity index (χ0v) is 14.3. The van der Waals surface area contributed by atoms with Gasteiger partial charge in [-0.3, -0.25) is 4.79 Å². The van der Waals surface area contributed by atoms with Gasteiger partial charge in [0, 0.05) is 38.3 Å². The fourth-order valence-corrected chi connectivity index (χ4v) is 2.68. The largest absolute Gasteiger partial charge is 0.497 e. The SMILES string of the molecule is COc1ccc(Nc2cc(N3CCN(C=O)CC3)ncn2)c(OC)c1. The van der Waals surface area contributed by atoms with Crippen molar-refractivity contribution >= 4 is 23.7 Å². The molecule has 3 rings (SSSR count). The van der Waals surface area contributed by atoms with E-state index in [2.05, 4.69) is 20.2 Å². The third kappa shape index (κ3) is 3.90. The number of methoxy groups -OCH3 is 2. The molecule has 132 valence electrons. The number of rotatable bonds is 6. The summed E-state index contributed by atoms with van der Waals surface area (Å²) < 4.78 is 10.6. The molecule has 0 bridgehead atoms. The molecule has 1 aromatic carbocycles. The summed E-state index contributed by atoms with van der Waals surface area (Å²) in [6.07, 6.45) is 2.42. The van der Waals surface area contributed by atoms with Gasteiger partial charge in [-0.05, 0) is 12.1 Å². The molecule has 1 amide bonds. The van der Waals surface area contributed by atoms with E-state index in [1.54, 1.807) is 19.1 Å². The number of carbonyl (C=O) groups excluding carboxylic acids is 1. The lowest BCUT2D eigenvalue weighted by molar-refractivity contribution is -0.118. The predicted octanol–water partition coefficient (Wildman–Crippen LogP) is 1.52. The van der Waals surface area contributed by atoms with Crippen LogP contribution in [0.5, 0.6) is 11.5 Å². The van der Waals surface area contributed by atoms with Gasteiger partial charge in [0.05, 0.1) is 19.9 Å². The predicted molar refractivity (Wildman–Crippen MR) is 94.7 cm³/mol. The second-order valence-electron chi connectivity index (χ2n) is 5.58. The van der Waals surface area contributed by atoms with Gasteiger partial charge in [-0.2, -0.15) is 0 Å². The maximum absolute atomic E-state index is 10.8. The summed E-state index contributed by atoms with van der Waals surface area (Å²) in [7, 11) is 3.22. The van der Waals surface area contributed by atoms with Crippen LogP contribution >= 0.6 is 0 Å². The van der Waals surface area contributed by atoms with Crippen LogP contribution in [0.25, 0.3) is 0 Å². The first-order valence-electron chi connectivity index (χ1n) is 7.99. The van der Waals surface area contributed by atoms with Crippen molar-refractivity contribution in [2.45, 2.75) is 0 Å². The van der Waals surface area contributed by atoms with Crippen LogP contribution in [0.2, 0.25) is 0 Å². The monoisotopic (exact) mass is 343 g/mol. The van der Waals surface area contributed by atoms with E-state index >= 15 is 0 Å². The molecular formula is C17H21N5O3. The number of hydrogen-bond donors (Lipinski definition) is 1. The average molecular weight is 343 g/mol. The minimum Gasteiger partial charge on any atom is -0.497 e. The van der Waals surface area contributed by atoms with E-state index in [1.807, 2.05) is 24.3 Å². The number of benzene rings is 1. The lowest BCUT2D eigenvalue weighted by atomic mass is 10.2. The Morgan fingerprint density at radius 2 is 1.88 bits per heavy atom. The first kappa shape index (κ1) is 16.8. The Balaban J connectivity index is 1.75. The van der Waals surface area contributed by atoms with E-state index in [4.69, 9.17) is 9.47 Å². The number of nitrogens with one attached hydrogen (secondary N) is 1. The number of anilines is 3. The fourth-order valence-electron chi connectivity index (χ4n) is 2.68. The van der Waals surface area contributed by atoms with Gasteiger partial charge in [-0.1, -0.05) is 0 Å². The highest BCUT2D eigenvalue weighted by Crippen LogP contribution is 2.31. The summed E-state index contributed by atoms with van der Waals surface area (Å²) in [5.41, 5.74) is 0.790. The van der Waals surface area contributed by atoms with E-state index in [0.717, 1.165) is 36.8 Å². The van der Waals surface area contributed by atoms with E-state index in [0.29, 0.717) is 24.7 Å². The molecule has 2 aromatic rings. The number of piperazine rings is 1. The maximum Gasteiger partial charge on any atom is 0.209 e. The Hall–Kier alpha value is -3.03. The van der Waals surface area contributed by atoms with Crippen molar-refractivity contribution in [3.8, 4) is 11.5 Å². The van der Waals surface area contributed by atoms with E-state index in [1.165, 1.54) is 6.33 Å². The molecule has 0 atom stereocenters. The highest BCUT2D eigenvalue weighted by Gasteiger charge is 2.17. The molecule has 8 nitrogen and oxygen atoms in total. The summed E-state index contributed by atoms with van der Waals surface area (Å²) in [6.45, 7) is 2.90. The molecule has 1 aliphatic heterocycles. The molecule has 8 heteroatoms. The number of carbonyl (C=O) groups is 1. The van der Waals surface area contributed by atoms with Crippen molar-refractivity contribution in [2.24, 2.45) is 0 Å². The van der Waals surface area contributed by atoms with Crippen molar-refractivity contribution in [3.63, 3.8) is 0 Å². The van der Waals surface area contributed by atoms with E-state index < -0.39 is 0 Å². The Bertz CT molecular complexity index is 732. The number of hydrogen-bond acceptors (Lipinski definition) is 7. The summed E-state index contributed by atoms with van der Waals surface area (Å²) in [4.78, 5) is 23.3. The van der Waals surface area contributed by atoms with Gasteiger partial charge in [0.1, 0.15) is 29.5 Å².